The van der Waals surface area contributed by atoms with Crippen LogP contribution in [0.25, 0.3) is 0 Å². The van der Waals surface area contributed by atoms with E-state index in [1.807, 2.05) is 0 Å². The molecule has 0 spiro atoms. The molecule has 0 unspecified atom stereocenters. The number of urea groups is 1. The summed E-state index contributed by atoms with van der Waals surface area (Å²) in [6.07, 6.45) is 3.12. The first-order valence-electron chi connectivity index (χ1n) is 5.32. The molecule has 0 aromatic carbocycles. The Kier molecular flexibility index (Phi) is 3.94. The molecule has 5 nitrogen and oxygen atoms in total. The molecular weight excluding hydrogens is 196 g/mol. The van der Waals surface area contributed by atoms with E-state index >= 15 is 0 Å². The average molecular weight is 214 g/mol. The fourth-order valence-corrected chi connectivity index (χ4v) is 1.75. The number of aliphatic carboxylic acids is 1. The summed E-state index contributed by atoms with van der Waals surface area (Å²) in [5, 5.41) is 8.87. The van der Waals surface area contributed by atoms with Crippen LogP contribution >= 0.6 is 0 Å². The summed E-state index contributed by atoms with van der Waals surface area (Å²) in [6.45, 7) is 3.08. The molecule has 0 aromatic rings. The van der Waals surface area contributed by atoms with Crippen molar-refractivity contribution in [3.8, 4) is 0 Å². The van der Waals surface area contributed by atoms with Crippen molar-refractivity contribution in [2.24, 2.45) is 0 Å². The zero-order chi connectivity index (χ0) is 11.4. The van der Waals surface area contributed by atoms with Crippen LogP contribution in [0, 0.1) is 0 Å². The van der Waals surface area contributed by atoms with Crippen molar-refractivity contribution in [1.82, 2.24) is 9.80 Å². The number of carboxylic acids is 1. The second-order valence-corrected chi connectivity index (χ2v) is 3.90. The maximum atomic E-state index is 11.6. The van der Waals surface area contributed by atoms with E-state index in [-0.39, 0.29) is 6.03 Å². The van der Waals surface area contributed by atoms with Gasteiger partial charge in [-0.25, -0.2) is 9.59 Å². The van der Waals surface area contributed by atoms with E-state index in [0.717, 1.165) is 19.3 Å². The van der Waals surface area contributed by atoms with Gasteiger partial charge in [0.05, 0.1) is 6.54 Å². The summed E-state index contributed by atoms with van der Waals surface area (Å²) >= 11 is 0. The quantitative estimate of drug-likeness (QED) is 0.694. The summed E-state index contributed by atoms with van der Waals surface area (Å²) in [5.74, 6) is -0.927. The molecule has 0 bridgehead atoms. The van der Waals surface area contributed by atoms with Crippen molar-refractivity contribution in [3.05, 3.63) is 0 Å². The van der Waals surface area contributed by atoms with E-state index in [2.05, 4.69) is 6.92 Å². The van der Waals surface area contributed by atoms with Gasteiger partial charge in [-0.1, -0.05) is 19.8 Å². The third-order valence-corrected chi connectivity index (χ3v) is 2.75. The standard InChI is InChI=1S/C10H18N2O3/c1-3-4-5-6-12-7-8(9(13)14)11(2)10(12)15/h8H,3-7H2,1-2H3,(H,13,14)/t8-/m0/s1. The molecule has 86 valence electrons. The van der Waals surface area contributed by atoms with E-state index in [0.29, 0.717) is 13.1 Å². The van der Waals surface area contributed by atoms with Crippen LogP contribution in [0.4, 0.5) is 4.79 Å². The van der Waals surface area contributed by atoms with Crippen LogP contribution < -0.4 is 0 Å². The molecule has 1 fully saturated rings. The molecule has 0 aromatic heterocycles. The van der Waals surface area contributed by atoms with Crippen LogP contribution in [-0.4, -0.2) is 53.1 Å². The van der Waals surface area contributed by atoms with Crippen molar-refractivity contribution < 1.29 is 14.7 Å². The Balaban J connectivity index is 2.48. The third kappa shape index (κ3) is 2.61. The topological polar surface area (TPSA) is 60.9 Å². The summed E-state index contributed by atoms with van der Waals surface area (Å²) in [5.41, 5.74) is 0. The summed E-state index contributed by atoms with van der Waals surface area (Å²) in [6, 6.07) is -0.849. The minimum absolute atomic E-state index is 0.168. The highest BCUT2D eigenvalue weighted by molar-refractivity contribution is 5.86. The predicted octanol–water partition coefficient (Wildman–Crippen LogP) is 0.997. The fourth-order valence-electron chi connectivity index (χ4n) is 1.75. The van der Waals surface area contributed by atoms with Crippen LogP contribution in [0.2, 0.25) is 0 Å². The molecule has 1 heterocycles. The lowest BCUT2D eigenvalue weighted by Crippen LogP contribution is -2.36. The number of amides is 2. The van der Waals surface area contributed by atoms with Crippen molar-refractivity contribution >= 4 is 12.0 Å². The van der Waals surface area contributed by atoms with Gasteiger partial charge in [-0.2, -0.15) is 0 Å². The summed E-state index contributed by atoms with van der Waals surface area (Å²) < 4.78 is 0. The molecule has 1 aliphatic rings. The maximum Gasteiger partial charge on any atom is 0.328 e. The lowest BCUT2D eigenvalue weighted by Gasteiger charge is -2.15. The molecule has 5 heteroatoms. The molecule has 1 aliphatic heterocycles. The van der Waals surface area contributed by atoms with E-state index < -0.39 is 12.0 Å². The van der Waals surface area contributed by atoms with Gasteiger partial charge in [0.2, 0.25) is 0 Å². The van der Waals surface area contributed by atoms with Crippen molar-refractivity contribution in [2.75, 3.05) is 20.1 Å². The van der Waals surface area contributed by atoms with Crippen LogP contribution in [-0.2, 0) is 4.79 Å². The first-order chi connectivity index (χ1) is 7.07. The number of unbranched alkanes of at least 4 members (excludes halogenated alkanes) is 2. The number of carbonyl (C=O) groups excluding carboxylic acids is 1. The number of hydrogen-bond acceptors (Lipinski definition) is 2. The normalized spacial score (nSPS) is 21.2. The van der Waals surface area contributed by atoms with Crippen molar-refractivity contribution in [3.63, 3.8) is 0 Å². The van der Waals surface area contributed by atoms with Gasteiger partial charge in [-0.3, -0.25) is 0 Å². The van der Waals surface area contributed by atoms with Gasteiger partial charge < -0.3 is 14.9 Å². The van der Waals surface area contributed by atoms with Gasteiger partial charge in [0.1, 0.15) is 6.04 Å². The molecule has 0 aliphatic carbocycles. The Morgan fingerprint density at radius 2 is 2.20 bits per heavy atom. The first-order valence-corrected chi connectivity index (χ1v) is 5.32. The van der Waals surface area contributed by atoms with Gasteiger partial charge >= 0.3 is 12.0 Å². The molecule has 2 amide bonds. The zero-order valence-electron chi connectivity index (χ0n) is 9.27. The molecule has 15 heavy (non-hydrogen) atoms. The van der Waals surface area contributed by atoms with Crippen LogP contribution in [0.1, 0.15) is 26.2 Å². The van der Waals surface area contributed by atoms with Gasteiger partial charge in [0.25, 0.3) is 0 Å². The molecule has 0 saturated carbocycles. The first kappa shape index (κ1) is 11.8. The fraction of sp³-hybridized carbons (Fsp3) is 0.800. The number of rotatable bonds is 5. The van der Waals surface area contributed by atoms with Gasteiger partial charge in [-0.15, -0.1) is 0 Å². The predicted molar refractivity (Wildman–Crippen MR) is 55.7 cm³/mol. The average Bonchev–Trinajstić information content (AvgIpc) is 2.46. The third-order valence-electron chi connectivity index (χ3n) is 2.75. The Labute approximate surface area is 89.7 Å². The highest BCUT2D eigenvalue weighted by atomic mass is 16.4. The minimum atomic E-state index is -0.927. The van der Waals surface area contributed by atoms with Crippen LogP contribution in [0.5, 0.6) is 0 Å². The lowest BCUT2D eigenvalue weighted by atomic mass is 10.2. The molecule has 1 saturated heterocycles. The second kappa shape index (κ2) is 5.00. The van der Waals surface area contributed by atoms with Gasteiger partial charge in [0, 0.05) is 13.6 Å². The maximum absolute atomic E-state index is 11.6. The van der Waals surface area contributed by atoms with E-state index in [1.165, 1.54) is 4.90 Å². The van der Waals surface area contributed by atoms with E-state index in [9.17, 15) is 9.59 Å². The highest BCUT2D eigenvalue weighted by Gasteiger charge is 2.38. The Morgan fingerprint density at radius 3 is 2.67 bits per heavy atom. The number of hydrogen-bond donors (Lipinski definition) is 1. The SMILES string of the molecule is CCCCCN1C[C@@H](C(=O)O)N(C)C1=O. The van der Waals surface area contributed by atoms with Crippen molar-refractivity contribution in [2.45, 2.75) is 32.2 Å². The van der Waals surface area contributed by atoms with E-state index in [4.69, 9.17) is 5.11 Å². The molecular formula is C10H18N2O3. The molecule has 1 atom stereocenters. The Hall–Kier alpha value is -1.26. The second-order valence-electron chi connectivity index (χ2n) is 3.90. The van der Waals surface area contributed by atoms with Gasteiger partial charge in [0.15, 0.2) is 0 Å². The zero-order valence-corrected chi connectivity index (χ0v) is 9.27. The Bertz CT molecular complexity index is 255. The van der Waals surface area contributed by atoms with E-state index in [1.54, 1.807) is 11.9 Å². The van der Waals surface area contributed by atoms with Crippen LogP contribution in [0.3, 0.4) is 0 Å². The van der Waals surface area contributed by atoms with Crippen LogP contribution in [0.15, 0.2) is 0 Å². The number of carboxylic acid groups (broad SMARTS) is 1. The Morgan fingerprint density at radius 1 is 1.53 bits per heavy atom. The lowest BCUT2D eigenvalue weighted by molar-refractivity contribution is -0.140. The number of likely N-dealkylation sites (N-methyl/N-ethyl adjacent to an activating group) is 1. The smallest absolute Gasteiger partial charge is 0.328 e. The highest BCUT2D eigenvalue weighted by Crippen LogP contribution is 2.14. The molecule has 1 rings (SSSR count). The monoisotopic (exact) mass is 214 g/mol. The number of carbonyl (C=O) groups is 2. The minimum Gasteiger partial charge on any atom is -0.480 e. The van der Waals surface area contributed by atoms with Crippen molar-refractivity contribution in [1.29, 1.82) is 0 Å². The number of nitrogens with zero attached hydrogens (tertiary/aromatic N) is 2. The summed E-state index contributed by atoms with van der Waals surface area (Å²) in [7, 11) is 1.54. The molecule has 1 N–H and O–H groups in total. The summed E-state index contributed by atoms with van der Waals surface area (Å²) in [4.78, 5) is 25.3. The van der Waals surface area contributed by atoms with Gasteiger partial charge in [-0.05, 0) is 6.42 Å². The molecule has 0 radical (unpaired) electrons. The largest absolute Gasteiger partial charge is 0.480 e.